The molecule has 0 aliphatic carbocycles. The van der Waals surface area contributed by atoms with Gasteiger partial charge in [-0.2, -0.15) is 0 Å². The SMILES string of the molecule is CC(C)c1ccc(-c2nc(C(=O)N3CCN(C(=O)Cn4cnnn4)CC3)cs2)cc1. The number of thiazole rings is 1. The number of benzene rings is 1. The molecule has 0 saturated carbocycles. The van der Waals surface area contributed by atoms with E-state index in [1.165, 1.54) is 27.9 Å². The fourth-order valence-corrected chi connectivity index (χ4v) is 4.13. The largest absolute Gasteiger partial charge is 0.338 e. The van der Waals surface area contributed by atoms with E-state index in [4.69, 9.17) is 0 Å². The van der Waals surface area contributed by atoms with E-state index in [-0.39, 0.29) is 18.4 Å². The molecule has 156 valence electrons. The molecule has 3 heterocycles. The molecule has 1 saturated heterocycles. The molecule has 1 fully saturated rings. The number of carbonyl (C=O) groups is 2. The number of carbonyl (C=O) groups excluding carboxylic acids is 2. The van der Waals surface area contributed by atoms with E-state index in [1.54, 1.807) is 9.80 Å². The highest BCUT2D eigenvalue weighted by atomic mass is 32.1. The summed E-state index contributed by atoms with van der Waals surface area (Å²) in [7, 11) is 0. The number of nitrogens with zero attached hydrogens (tertiary/aromatic N) is 7. The van der Waals surface area contributed by atoms with E-state index in [2.05, 4.69) is 58.6 Å². The van der Waals surface area contributed by atoms with Crippen molar-refractivity contribution >= 4 is 23.2 Å². The Morgan fingerprint density at radius 1 is 1.07 bits per heavy atom. The lowest BCUT2D eigenvalue weighted by Gasteiger charge is -2.34. The predicted octanol–water partition coefficient (Wildman–Crippen LogP) is 1.90. The van der Waals surface area contributed by atoms with Crippen LogP contribution >= 0.6 is 11.3 Å². The number of rotatable bonds is 5. The highest BCUT2D eigenvalue weighted by Crippen LogP contribution is 2.26. The van der Waals surface area contributed by atoms with Crippen LogP contribution in [0.2, 0.25) is 0 Å². The van der Waals surface area contributed by atoms with E-state index < -0.39 is 0 Å². The molecule has 0 N–H and O–H groups in total. The standard InChI is InChI=1S/C20H23N7O2S/c1-14(2)15-3-5-16(6-4-15)19-22-17(12-30-19)20(29)26-9-7-25(8-10-26)18(28)11-27-13-21-23-24-27/h3-6,12-14H,7-11H2,1-2H3. The van der Waals surface area contributed by atoms with Crippen molar-refractivity contribution in [1.29, 1.82) is 0 Å². The van der Waals surface area contributed by atoms with E-state index >= 15 is 0 Å². The van der Waals surface area contributed by atoms with Crippen LogP contribution in [0.15, 0.2) is 36.0 Å². The lowest BCUT2D eigenvalue weighted by atomic mass is 10.0. The highest BCUT2D eigenvalue weighted by molar-refractivity contribution is 7.13. The van der Waals surface area contributed by atoms with Gasteiger partial charge in [-0.15, -0.1) is 16.4 Å². The van der Waals surface area contributed by atoms with Crippen molar-refractivity contribution in [2.24, 2.45) is 0 Å². The predicted molar refractivity (Wildman–Crippen MR) is 112 cm³/mol. The summed E-state index contributed by atoms with van der Waals surface area (Å²) in [6.07, 6.45) is 1.41. The number of hydrogen-bond donors (Lipinski definition) is 0. The molecule has 0 atom stereocenters. The van der Waals surface area contributed by atoms with Crippen LogP contribution in [0.4, 0.5) is 0 Å². The van der Waals surface area contributed by atoms with Crippen LogP contribution in [0.3, 0.4) is 0 Å². The summed E-state index contributed by atoms with van der Waals surface area (Å²) in [4.78, 5) is 33.2. The first-order valence-corrected chi connectivity index (χ1v) is 10.7. The molecule has 2 amide bonds. The zero-order valence-corrected chi connectivity index (χ0v) is 17.7. The van der Waals surface area contributed by atoms with Crippen LogP contribution in [-0.2, 0) is 11.3 Å². The van der Waals surface area contributed by atoms with Crippen LogP contribution in [0.25, 0.3) is 10.6 Å². The van der Waals surface area contributed by atoms with Crippen molar-refractivity contribution in [3.8, 4) is 10.6 Å². The molecule has 10 heteroatoms. The van der Waals surface area contributed by atoms with E-state index in [0.29, 0.717) is 37.8 Å². The summed E-state index contributed by atoms with van der Waals surface area (Å²) in [5.74, 6) is 0.324. The van der Waals surface area contributed by atoms with Gasteiger partial charge in [0.05, 0.1) is 0 Å². The third-order valence-corrected chi connectivity index (χ3v) is 6.05. The van der Waals surface area contributed by atoms with Gasteiger partial charge in [0.25, 0.3) is 5.91 Å². The molecule has 3 aromatic rings. The van der Waals surface area contributed by atoms with Crippen LogP contribution < -0.4 is 0 Å². The Morgan fingerprint density at radius 3 is 2.40 bits per heavy atom. The Labute approximate surface area is 178 Å². The molecule has 0 spiro atoms. The fourth-order valence-electron chi connectivity index (χ4n) is 3.33. The quantitative estimate of drug-likeness (QED) is 0.619. The first kappa shape index (κ1) is 20.1. The normalized spacial score (nSPS) is 14.4. The molecular weight excluding hydrogens is 402 g/mol. The van der Waals surface area contributed by atoms with Crippen molar-refractivity contribution in [3.05, 3.63) is 47.2 Å². The van der Waals surface area contributed by atoms with Gasteiger partial charge in [-0.1, -0.05) is 38.1 Å². The third kappa shape index (κ3) is 4.38. The first-order valence-electron chi connectivity index (χ1n) is 9.85. The zero-order valence-electron chi connectivity index (χ0n) is 16.9. The average Bonchev–Trinajstić information content (AvgIpc) is 3.46. The maximum atomic E-state index is 12.9. The molecule has 30 heavy (non-hydrogen) atoms. The van der Waals surface area contributed by atoms with Gasteiger partial charge >= 0.3 is 0 Å². The maximum Gasteiger partial charge on any atom is 0.273 e. The van der Waals surface area contributed by atoms with Gasteiger partial charge in [0.15, 0.2) is 0 Å². The molecule has 1 aliphatic rings. The maximum absolute atomic E-state index is 12.9. The first-order chi connectivity index (χ1) is 14.5. The van der Waals surface area contributed by atoms with Crippen molar-refractivity contribution in [1.82, 2.24) is 35.0 Å². The van der Waals surface area contributed by atoms with Crippen molar-refractivity contribution in [2.45, 2.75) is 26.3 Å². The average molecular weight is 426 g/mol. The van der Waals surface area contributed by atoms with Gasteiger partial charge in [-0.3, -0.25) is 9.59 Å². The van der Waals surface area contributed by atoms with Gasteiger partial charge in [0.1, 0.15) is 23.6 Å². The number of hydrogen-bond acceptors (Lipinski definition) is 7. The Balaban J connectivity index is 1.35. The van der Waals surface area contributed by atoms with Crippen molar-refractivity contribution < 1.29 is 9.59 Å². The van der Waals surface area contributed by atoms with Crippen LogP contribution in [-0.4, -0.2) is 73.0 Å². The summed E-state index contributed by atoms with van der Waals surface area (Å²) in [5.41, 5.74) is 2.75. The Morgan fingerprint density at radius 2 is 1.77 bits per heavy atom. The molecule has 0 unspecified atom stereocenters. The zero-order chi connectivity index (χ0) is 21.1. The van der Waals surface area contributed by atoms with Gasteiger partial charge in [-0.25, -0.2) is 9.67 Å². The summed E-state index contributed by atoms with van der Waals surface area (Å²) in [6, 6.07) is 8.32. The molecule has 9 nitrogen and oxygen atoms in total. The van der Waals surface area contributed by atoms with Crippen LogP contribution in [0.1, 0.15) is 35.8 Å². The number of tetrazole rings is 1. The van der Waals surface area contributed by atoms with Gasteiger partial charge in [-0.05, 0) is 21.9 Å². The molecule has 2 aromatic heterocycles. The Hall–Kier alpha value is -3.14. The lowest BCUT2D eigenvalue weighted by Crippen LogP contribution is -2.51. The number of aromatic nitrogens is 5. The molecule has 0 radical (unpaired) electrons. The van der Waals surface area contributed by atoms with Crippen LogP contribution in [0, 0.1) is 0 Å². The molecule has 0 bridgehead atoms. The summed E-state index contributed by atoms with van der Waals surface area (Å²) >= 11 is 1.47. The smallest absolute Gasteiger partial charge is 0.273 e. The Kier molecular flexibility index (Phi) is 5.84. The summed E-state index contributed by atoms with van der Waals surface area (Å²) in [6.45, 7) is 6.36. The minimum absolute atomic E-state index is 0.0600. The highest BCUT2D eigenvalue weighted by Gasteiger charge is 2.26. The van der Waals surface area contributed by atoms with Crippen molar-refractivity contribution in [2.75, 3.05) is 26.2 Å². The Bertz CT molecular complexity index is 1010. The van der Waals surface area contributed by atoms with Gasteiger partial charge in [0, 0.05) is 37.1 Å². The minimum atomic E-state index is -0.0936. The fraction of sp³-hybridized carbons (Fsp3) is 0.400. The second-order valence-corrected chi connectivity index (χ2v) is 8.35. The monoisotopic (exact) mass is 425 g/mol. The minimum Gasteiger partial charge on any atom is -0.338 e. The van der Waals surface area contributed by atoms with Crippen molar-refractivity contribution in [3.63, 3.8) is 0 Å². The van der Waals surface area contributed by atoms with E-state index in [0.717, 1.165) is 10.6 Å². The summed E-state index contributed by atoms with van der Waals surface area (Å²) < 4.78 is 1.39. The second-order valence-electron chi connectivity index (χ2n) is 7.50. The van der Waals surface area contributed by atoms with E-state index in [1.807, 2.05) is 5.38 Å². The molecule has 4 rings (SSSR count). The third-order valence-electron chi connectivity index (χ3n) is 5.16. The van der Waals surface area contributed by atoms with Gasteiger partial charge in [0.2, 0.25) is 5.91 Å². The number of piperazine rings is 1. The molecular formula is C20H23N7O2S. The van der Waals surface area contributed by atoms with Gasteiger partial charge < -0.3 is 9.80 Å². The molecule has 1 aliphatic heterocycles. The second kappa shape index (κ2) is 8.70. The summed E-state index contributed by atoms with van der Waals surface area (Å²) in [5, 5.41) is 13.4. The molecule has 1 aromatic carbocycles. The van der Waals surface area contributed by atoms with Crippen LogP contribution in [0.5, 0.6) is 0 Å². The number of amides is 2. The topological polar surface area (TPSA) is 97.1 Å². The lowest BCUT2D eigenvalue weighted by molar-refractivity contribution is -0.133. The van der Waals surface area contributed by atoms with E-state index in [9.17, 15) is 9.59 Å².